The fourth-order valence-corrected chi connectivity index (χ4v) is 2.27. The Morgan fingerprint density at radius 1 is 0.792 bits per heavy atom. The predicted molar refractivity (Wildman–Crippen MR) is 95.3 cm³/mol. The van der Waals surface area contributed by atoms with Gasteiger partial charge in [0, 0.05) is 11.3 Å². The molecule has 0 aliphatic carbocycles. The molecule has 0 aliphatic rings. The van der Waals surface area contributed by atoms with Gasteiger partial charge < -0.3 is 10.6 Å². The molecule has 4 heteroatoms. The van der Waals surface area contributed by atoms with E-state index in [9.17, 15) is 4.79 Å². The Morgan fingerprint density at radius 3 is 2.08 bits per heavy atom. The summed E-state index contributed by atoms with van der Waals surface area (Å²) in [7, 11) is 0. The van der Waals surface area contributed by atoms with Crippen LogP contribution in [-0.2, 0) is 0 Å². The van der Waals surface area contributed by atoms with Gasteiger partial charge in [-0.1, -0.05) is 30.3 Å². The van der Waals surface area contributed by atoms with Gasteiger partial charge in [0.2, 0.25) is 0 Å². The molecular weight excluding hydrogens is 298 g/mol. The van der Waals surface area contributed by atoms with Gasteiger partial charge in [0.05, 0.1) is 23.0 Å². The number of anilines is 3. The second-order valence-corrected chi connectivity index (χ2v) is 5.18. The zero-order valence-electron chi connectivity index (χ0n) is 12.9. The summed E-state index contributed by atoms with van der Waals surface area (Å²) in [6.45, 7) is 0. The summed E-state index contributed by atoms with van der Waals surface area (Å²) in [4.78, 5) is 12.4. The van der Waals surface area contributed by atoms with E-state index in [0.717, 1.165) is 11.4 Å². The van der Waals surface area contributed by atoms with Crippen molar-refractivity contribution in [2.24, 2.45) is 0 Å². The highest BCUT2D eigenvalue weighted by Gasteiger charge is 2.09. The van der Waals surface area contributed by atoms with E-state index in [2.05, 4.69) is 10.6 Å². The maximum absolute atomic E-state index is 12.4. The van der Waals surface area contributed by atoms with Gasteiger partial charge in [0.1, 0.15) is 0 Å². The average molecular weight is 313 g/mol. The lowest BCUT2D eigenvalue weighted by Crippen LogP contribution is -2.13. The third-order valence-corrected chi connectivity index (χ3v) is 3.50. The van der Waals surface area contributed by atoms with Gasteiger partial charge in [-0.05, 0) is 48.5 Å². The number of rotatable bonds is 4. The monoisotopic (exact) mass is 313 g/mol. The molecule has 0 aliphatic heterocycles. The van der Waals surface area contributed by atoms with Crippen LogP contribution in [0.2, 0.25) is 0 Å². The summed E-state index contributed by atoms with van der Waals surface area (Å²) in [5.74, 6) is -0.221. The topological polar surface area (TPSA) is 64.9 Å². The van der Waals surface area contributed by atoms with Gasteiger partial charge in [-0.2, -0.15) is 5.26 Å². The molecule has 3 aromatic carbocycles. The number of benzene rings is 3. The van der Waals surface area contributed by atoms with Crippen molar-refractivity contribution in [1.82, 2.24) is 0 Å². The first-order valence-electron chi connectivity index (χ1n) is 7.49. The Morgan fingerprint density at radius 2 is 1.42 bits per heavy atom. The summed E-state index contributed by atoms with van der Waals surface area (Å²) in [6.07, 6.45) is 0. The first kappa shape index (κ1) is 15.3. The van der Waals surface area contributed by atoms with Crippen LogP contribution in [-0.4, -0.2) is 5.91 Å². The molecule has 24 heavy (non-hydrogen) atoms. The average Bonchev–Trinajstić information content (AvgIpc) is 2.64. The predicted octanol–water partition coefficient (Wildman–Crippen LogP) is 4.55. The van der Waals surface area contributed by atoms with Crippen LogP contribution in [0.25, 0.3) is 0 Å². The molecule has 0 saturated heterocycles. The summed E-state index contributed by atoms with van der Waals surface area (Å²) >= 11 is 0. The molecule has 0 spiro atoms. The molecule has 0 fully saturated rings. The molecule has 0 saturated carbocycles. The van der Waals surface area contributed by atoms with Gasteiger partial charge in [0.25, 0.3) is 5.91 Å². The highest BCUT2D eigenvalue weighted by atomic mass is 16.1. The fourth-order valence-electron chi connectivity index (χ4n) is 2.27. The van der Waals surface area contributed by atoms with Crippen molar-refractivity contribution in [1.29, 1.82) is 5.26 Å². The molecular formula is C20H15N3O. The van der Waals surface area contributed by atoms with Crippen molar-refractivity contribution in [2.45, 2.75) is 0 Å². The van der Waals surface area contributed by atoms with Gasteiger partial charge >= 0.3 is 0 Å². The second kappa shape index (κ2) is 7.12. The highest BCUT2D eigenvalue weighted by molar-refractivity contribution is 6.06. The van der Waals surface area contributed by atoms with Gasteiger partial charge in [0.15, 0.2) is 0 Å². The molecule has 0 atom stereocenters. The number of hydrogen-bond donors (Lipinski definition) is 2. The van der Waals surface area contributed by atoms with Crippen LogP contribution in [0.4, 0.5) is 17.1 Å². The zero-order chi connectivity index (χ0) is 16.8. The van der Waals surface area contributed by atoms with E-state index in [1.807, 2.05) is 60.7 Å². The van der Waals surface area contributed by atoms with Crippen LogP contribution in [0.15, 0.2) is 78.9 Å². The third-order valence-electron chi connectivity index (χ3n) is 3.50. The van der Waals surface area contributed by atoms with Gasteiger partial charge in [-0.25, -0.2) is 0 Å². The number of nitriles is 1. The normalized spacial score (nSPS) is 9.79. The lowest BCUT2D eigenvalue weighted by molar-refractivity contribution is 0.102. The third kappa shape index (κ3) is 3.60. The molecule has 0 heterocycles. The van der Waals surface area contributed by atoms with E-state index in [1.54, 1.807) is 24.3 Å². The van der Waals surface area contributed by atoms with E-state index in [0.29, 0.717) is 16.8 Å². The van der Waals surface area contributed by atoms with Crippen LogP contribution in [0.5, 0.6) is 0 Å². The second-order valence-electron chi connectivity index (χ2n) is 5.18. The maximum Gasteiger partial charge on any atom is 0.255 e. The highest BCUT2D eigenvalue weighted by Crippen LogP contribution is 2.25. The Balaban J connectivity index is 1.79. The van der Waals surface area contributed by atoms with Gasteiger partial charge in [-0.3, -0.25) is 4.79 Å². The van der Waals surface area contributed by atoms with Crippen molar-refractivity contribution in [2.75, 3.05) is 10.6 Å². The number of carbonyl (C=O) groups is 1. The quantitative estimate of drug-likeness (QED) is 0.742. The minimum atomic E-state index is -0.221. The molecule has 0 bridgehead atoms. The summed E-state index contributed by atoms with van der Waals surface area (Å²) in [5, 5.41) is 15.0. The molecule has 2 N–H and O–H groups in total. The van der Waals surface area contributed by atoms with Crippen molar-refractivity contribution in [3.63, 3.8) is 0 Å². The number of hydrogen-bond acceptors (Lipinski definition) is 3. The minimum absolute atomic E-state index is 0.221. The number of para-hydroxylation sites is 3. The Kier molecular flexibility index (Phi) is 4.55. The largest absolute Gasteiger partial charge is 0.354 e. The van der Waals surface area contributed by atoms with Crippen LogP contribution < -0.4 is 10.6 Å². The first-order chi connectivity index (χ1) is 11.8. The zero-order valence-corrected chi connectivity index (χ0v) is 12.9. The van der Waals surface area contributed by atoms with E-state index < -0.39 is 0 Å². The van der Waals surface area contributed by atoms with Crippen LogP contribution in [0, 0.1) is 11.3 Å². The van der Waals surface area contributed by atoms with Crippen molar-refractivity contribution in [3.05, 3.63) is 90.0 Å². The molecule has 3 aromatic rings. The molecule has 1 amide bonds. The van der Waals surface area contributed by atoms with Crippen molar-refractivity contribution >= 4 is 23.0 Å². The maximum atomic E-state index is 12.4. The van der Waals surface area contributed by atoms with Crippen LogP contribution in [0.1, 0.15) is 15.9 Å². The Bertz CT molecular complexity index is 881. The molecule has 0 radical (unpaired) electrons. The van der Waals surface area contributed by atoms with Crippen LogP contribution >= 0.6 is 0 Å². The van der Waals surface area contributed by atoms with Crippen molar-refractivity contribution in [3.8, 4) is 6.07 Å². The smallest absolute Gasteiger partial charge is 0.255 e. The van der Waals surface area contributed by atoms with Crippen LogP contribution in [0.3, 0.4) is 0 Å². The number of nitrogens with zero attached hydrogens (tertiary/aromatic N) is 1. The summed E-state index contributed by atoms with van der Waals surface area (Å²) in [6, 6.07) is 25.8. The molecule has 0 aromatic heterocycles. The Hall–Kier alpha value is -3.58. The van der Waals surface area contributed by atoms with Crippen molar-refractivity contribution < 1.29 is 4.79 Å². The van der Waals surface area contributed by atoms with Gasteiger partial charge in [-0.15, -0.1) is 0 Å². The lowest BCUT2D eigenvalue weighted by atomic mass is 10.1. The molecule has 116 valence electrons. The SMILES string of the molecule is N#Cc1ccc(C(=O)Nc2ccccc2Nc2ccccc2)cc1. The summed E-state index contributed by atoms with van der Waals surface area (Å²) in [5.41, 5.74) is 3.47. The number of amides is 1. The van der Waals surface area contributed by atoms with E-state index in [4.69, 9.17) is 5.26 Å². The lowest BCUT2D eigenvalue weighted by Gasteiger charge is -2.13. The standard InChI is InChI=1S/C20H15N3O/c21-14-15-10-12-16(13-11-15)20(24)23-19-9-5-4-8-18(19)22-17-6-2-1-3-7-17/h1-13,22H,(H,23,24). The fraction of sp³-hybridized carbons (Fsp3) is 0. The molecule has 3 rings (SSSR count). The molecule has 4 nitrogen and oxygen atoms in total. The number of carbonyl (C=O) groups excluding carboxylic acids is 1. The minimum Gasteiger partial charge on any atom is -0.354 e. The van der Waals surface area contributed by atoms with E-state index >= 15 is 0 Å². The number of nitrogens with one attached hydrogen (secondary N) is 2. The summed E-state index contributed by atoms with van der Waals surface area (Å²) < 4.78 is 0. The first-order valence-corrected chi connectivity index (χ1v) is 7.49. The Labute approximate surface area is 140 Å². The molecule has 0 unspecified atom stereocenters. The van der Waals surface area contributed by atoms with E-state index in [1.165, 1.54) is 0 Å². The van der Waals surface area contributed by atoms with E-state index in [-0.39, 0.29) is 5.91 Å².